The molecule has 0 bridgehead atoms. The summed E-state index contributed by atoms with van der Waals surface area (Å²) in [6, 6.07) is 23.7. The van der Waals surface area contributed by atoms with Crippen LogP contribution in [0.1, 0.15) is 18.4 Å². The molecule has 0 saturated carbocycles. The molecule has 0 N–H and O–H groups in total. The van der Waals surface area contributed by atoms with E-state index in [9.17, 15) is 0 Å². The fourth-order valence-corrected chi connectivity index (χ4v) is 3.45. The highest BCUT2D eigenvalue weighted by atomic mass is 16.5. The third-order valence-electron chi connectivity index (χ3n) is 5.05. The van der Waals surface area contributed by atoms with E-state index in [2.05, 4.69) is 74.8 Å². The first-order chi connectivity index (χ1) is 12.1. The summed E-state index contributed by atoms with van der Waals surface area (Å²) >= 11 is 0. The Kier molecular flexibility index (Phi) is 5.40. The summed E-state index contributed by atoms with van der Waals surface area (Å²) in [6.45, 7) is 1.12. The highest BCUT2D eigenvalue weighted by molar-refractivity contribution is 5.85. The molecule has 3 aromatic carbocycles. The molecule has 2 heteroatoms. The Labute approximate surface area is 151 Å². The minimum absolute atomic E-state index is 0.882. The Balaban J connectivity index is 1.60. The number of hydrogen-bond donors (Lipinski definition) is 0. The molecule has 0 saturated heterocycles. The largest absolute Gasteiger partial charge is 0.497 e. The molecule has 0 heterocycles. The molecule has 0 spiro atoms. The van der Waals surface area contributed by atoms with E-state index < -0.39 is 0 Å². The summed E-state index contributed by atoms with van der Waals surface area (Å²) in [4.78, 5) is 0. The van der Waals surface area contributed by atoms with Gasteiger partial charge in [0.05, 0.1) is 27.7 Å². The molecule has 2 nitrogen and oxygen atoms in total. The van der Waals surface area contributed by atoms with Gasteiger partial charge in [-0.2, -0.15) is 0 Å². The van der Waals surface area contributed by atoms with Crippen LogP contribution in [-0.2, 0) is 6.42 Å². The van der Waals surface area contributed by atoms with Crippen LogP contribution in [0.5, 0.6) is 5.75 Å². The number of methoxy groups -OCH3 is 1. The number of nitrogens with zero attached hydrogens (tertiary/aromatic N) is 1. The lowest BCUT2D eigenvalue weighted by atomic mass is 10.00. The van der Waals surface area contributed by atoms with Gasteiger partial charge in [0.25, 0.3) is 0 Å². The number of benzene rings is 3. The van der Waals surface area contributed by atoms with Gasteiger partial charge in [-0.15, -0.1) is 0 Å². The monoisotopic (exact) mass is 334 g/mol. The Hall–Kier alpha value is -2.32. The summed E-state index contributed by atoms with van der Waals surface area (Å²) in [5.74, 6) is 0.930. The van der Waals surface area contributed by atoms with Crippen LogP contribution in [0.3, 0.4) is 0 Å². The second-order valence-corrected chi connectivity index (χ2v) is 7.21. The van der Waals surface area contributed by atoms with Crippen molar-refractivity contribution in [3.05, 3.63) is 72.3 Å². The fourth-order valence-electron chi connectivity index (χ4n) is 3.45. The molecule has 0 aliphatic carbocycles. The van der Waals surface area contributed by atoms with Crippen molar-refractivity contribution in [3.8, 4) is 5.75 Å². The minimum Gasteiger partial charge on any atom is -0.497 e. The number of aryl methyl sites for hydroxylation is 1. The molecule has 0 fully saturated rings. The lowest BCUT2D eigenvalue weighted by Gasteiger charge is -2.29. The molecular weight excluding hydrogens is 306 g/mol. The first-order valence-electron chi connectivity index (χ1n) is 9.04. The number of hydrogen-bond acceptors (Lipinski definition) is 1. The van der Waals surface area contributed by atoms with Gasteiger partial charge in [0.2, 0.25) is 0 Å². The summed E-state index contributed by atoms with van der Waals surface area (Å²) in [6.07, 6.45) is 3.55. The molecule has 130 valence electrons. The number of unbranched alkanes of at least 4 members (excludes halogenated alkanes) is 1. The van der Waals surface area contributed by atoms with Crippen LogP contribution in [0, 0.1) is 0 Å². The van der Waals surface area contributed by atoms with Gasteiger partial charge in [-0.05, 0) is 47.7 Å². The molecule has 0 aliphatic heterocycles. The van der Waals surface area contributed by atoms with Crippen molar-refractivity contribution in [2.24, 2.45) is 0 Å². The van der Waals surface area contributed by atoms with E-state index in [1.807, 2.05) is 6.07 Å². The number of fused-ring (bicyclic) bond motifs is 1. The predicted molar refractivity (Wildman–Crippen MR) is 108 cm³/mol. The Bertz CT molecular complexity index is 833. The molecule has 0 unspecified atom stereocenters. The maximum absolute atomic E-state index is 5.36. The van der Waals surface area contributed by atoms with Gasteiger partial charge in [-0.25, -0.2) is 0 Å². The van der Waals surface area contributed by atoms with E-state index in [0.717, 1.165) is 23.2 Å². The second kappa shape index (κ2) is 7.71. The van der Waals surface area contributed by atoms with E-state index in [1.54, 1.807) is 7.11 Å². The van der Waals surface area contributed by atoms with E-state index in [-0.39, 0.29) is 0 Å². The maximum atomic E-state index is 5.36. The SMILES string of the molecule is COc1cccc([N+](C)(C)CCCCc2cccc3ccccc23)c1. The minimum atomic E-state index is 0.882. The van der Waals surface area contributed by atoms with Gasteiger partial charge >= 0.3 is 0 Å². The quantitative estimate of drug-likeness (QED) is 0.413. The van der Waals surface area contributed by atoms with Gasteiger partial charge in [0.1, 0.15) is 11.4 Å². The van der Waals surface area contributed by atoms with Crippen LogP contribution in [-0.4, -0.2) is 27.7 Å². The Morgan fingerprint density at radius 3 is 2.44 bits per heavy atom. The van der Waals surface area contributed by atoms with Gasteiger partial charge < -0.3 is 4.74 Å². The molecule has 0 aromatic heterocycles. The van der Waals surface area contributed by atoms with E-state index in [4.69, 9.17) is 4.74 Å². The van der Waals surface area contributed by atoms with Crippen LogP contribution in [0.25, 0.3) is 10.8 Å². The second-order valence-electron chi connectivity index (χ2n) is 7.21. The first-order valence-corrected chi connectivity index (χ1v) is 9.04. The van der Waals surface area contributed by atoms with Gasteiger partial charge in [0.15, 0.2) is 0 Å². The van der Waals surface area contributed by atoms with Crippen LogP contribution in [0.2, 0.25) is 0 Å². The van der Waals surface area contributed by atoms with Crippen molar-refractivity contribution in [1.29, 1.82) is 0 Å². The molecular formula is C23H28NO+. The van der Waals surface area contributed by atoms with Crippen molar-refractivity contribution in [3.63, 3.8) is 0 Å². The number of quaternary nitrogens is 1. The number of rotatable bonds is 7. The molecule has 0 atom stereocenters. The van der Waals surface area contributed by atoms with E-state index in [0.29, 0.717) is 0 Å². The first kappa shape index (κ1) is 17.5. The normalized spacial score (nSPS) is 11.6. The van der Waals surface area contributed by atoms with Crippen molar-refractivity contribution < 1.29 is 4.74 Å². The lowest BCUT2D eigenvalue weighted by molar-refractivity contribution is 0.379. The summed E-state index contributed by atoms with van der Waals surface area (Å²) in [5.41, 5.74) is 2.76. The maximum Gasteiger partial charge on any atom is 0.136 e. The molecule has 0 radical (unpaired) electrons. The van der Waals surface area contributed by atoms with Gasteiger partial charge in [-0.1, -0.05) is 48.5 Å². The van der Waals surface area contributed by atoms with Crippen molar-refractivity contribution in [1.82, 2.24) is 4.48 Å². The van der Waals surface area contributed by atoms with Gasteiger partial charge in [0, 0.05) is 6.07 Å². The molecule has 0 amide bonds. The zero-order valence-electron chi connectivity index (χ0n) is 15.5. The van der Waals surface area contributed by atoms with E-state index in [1.165, 1.54) is 34.9 Å². The average Bonchev–Trinajstić information content (AvgIpc) is 2.65. The standard InChI is InChI=1S/C23H28NO/c1-24(2,21-14-9-15-22(18-21)25-3)17-7-6-11-20-13-8-12-19-10-4-5-16-23(19)20/h4-5,8-10,12-16,18H,6-7,11,17H2,1-3H3/q+1. The summed E-state index contributed by atoms with van der Waals surface area (Å²) < 4.78 is 6.25. The fraction of sp³-hybridized carbons (Fsp3) is 0.304. The molecule has 25 heavy (non-hydrogen) atoms. The predicted octanol–water partition coefficient (Wildman–Crippen LogP) is 5.44. The smallest absolute Gasteiger partial charge is 0.136 e. The van der Waals surface area contributed by atoms with Crippen LogP contribution < -0.4 is 9.22 Å². The zero-order valence-corrected chi connectivity index (χ0v) is 15.5. The molecule has 3 rings (SSSR count). The summed E-state index contributed by atoms with van der Waals surface area (Å²) in [5, 5.41) is 2.74. The molecule has 3 aromatic rings. The van der Waals surface area contributed by atoms with Crippen LogP contribution >= 0.6 is 0 Å². The van der Waals surface area contributed by atoms with Gasteiger partial charge in [-0.3, -0.25) is 4.48 Å². The lowest BCUT2D eigenvalue weighted by Crippen LogP contribution is -2.41. The highest BCUT2D eigenvalue weighted by Gasteiger charge is 2.19. The van der Waals surface area contributed by atoms with Crippen LogP contribution in [0.4, 0.5) is 5.69 Å². The Morgan fingerprint density at radius 2 is 1.60 bits per heavy atom. The van der Waals surface area contributed by atoms with Crippen molar-refractivity contribution >= 4 is 16.5 Å². The van der Waals surface area contributed by atoms with Crippen LogP contribution in [0.15, 0.2) is 66.7 Å². The molecule has 0 aliphatic rings. The highest BCUT2D eigenvalue weighted by Crippen LogP contribution is 2.25. The zero-order chi connectivity index (χ0) is 17.7. The third-order valence-corrected chi connectivity index (χ3v) is 5.05. The number of ether oxygens (including phenoxy) is 1. The van der Waals surface area contributed by atoms with Crippen molar-refractivity contribution in [2.75, 3.05) is 27.7 Å². The third kappa shape index (κ3) is 4.21. The average molecular weight is 334 g/mol. The summed E-state index contributed by atoms with van der Waals surface area (Å²) in [7, 11) is 6.27. The Morgan fingerprint density at radius 1 is 0.840 bits per heavy atom. The van der Waals surface area contributed by atoms with E-state index >= 15 is 0 Å². The van der Waals surface area contributed by atoms with Crippen molar-refractivity contribution in [2.45, 2.75) is 19.3 Å². The topological polar surface area (TPSA) is 9.23 Å².